The zero-order valence-corrected chi connectivity index (χ0v) is 12.1. The number of ketones is 1. The molecule has 7 nitrogen and oxygen atoms in total. The highest BCUT2D eigenvalue weighted by molar-refractivity contribution is 6.09. The first kappa shape index (κ1) is 19.3. The van der Waals surface area contributed by atoms with Crippen LogP contribution in [0, 0.1) is 16.2 Å². The molecule has 10 heteroatoms. The highest BCUT2D eigenvalue weighted by Gasteiger charge is 2.77. The van der Waals surface area contributed by atoms with Gasteiger partial charge in [0.1, 0.15) is 11.9 Å². The molecule has 0 saturated heterocycles. The van der Waals surface area contributed by atoms with E-state index in [4.69, 9.17) is 0 Å². The molecule has 0 aliphatic heterocycles. The third kappa shape index (κ3) is 2.19. The van der Waals surface area contributed by atoms with E-state index in [9.17, 15) is 47.4 Å². The van der Waals surface area contributed by atoms with Gasteiger partial charge in [-0.1, -0.05) is 0 Å². The molecular weight excluding hydrogens is 337 g/mol. The normalized spacial score (nSPS) is 32.3. The number of Topliss-reactive ketones (excluding diaryl/α,β-unsaturated/α-hetero) is 1. The number of rotatable bonds is 5. The molecule has 1 aliphatic carbocycles. The van der Waals surface area contributed by atoms with Gasteiger partial charge in [-0.25, -0.2) is 9.59 Å². The van der Waals surface area contributed by atoms with Crippen molar-refractivity contribution in [3.05, 3.63) is 12.2 Å². The van der Waals surface area contributed by atoms with Crippen LogP contribution in [0.2, 0.25) is 0 Å². The lowest BCUT2D eigenvalue weighted by atomic mass is 9.55. The van der Waals surface area contributed by atoms with Crippen molar-refractivity contribution in [3.8, 4) is 0 Å². The van der Waals surface area contributed by atoms with E-state index in [-0.39, 0.29) is 12.2 Å². The Bertz CT molecular complexity index is 680. The van der Waals surface area contributed by atoms with Gasteiger partial charge in [0, 0.05) is 12.2 Å². The minimum atomic E-state index is -5.64. The minimum absolute atomic E-state index is 0.177. The third-order valence-electron chi connectivity index (χ3n) is 4.67. The fourth-order valence-electron chi connectivity index (χ4n) is 3.32. The van der Waals surface area contributed by atoms with Crippen LogP contribution in [0.4, 0.5) is 13.2 Å². The van der Waals surface area contributed by atoms with Crippen LogP contribution in [0.1, 0.15) is 19.8 Å². The molecule has 0 spiro atoms. The Hall–Kier alpha value is -2.70. The van der Waals surface area contributed by atoms with Crippen molar-refractivity contribution in [1.29, 1.82) is 0 Å². The maximum Gasteiger partial charge on any atom is 0.451 e. The van der Waals surface area contributed by atoms with Gasteiger partial charge in [0.05, 0.1) is 10.8 Å². The fraction of sp³-hybridized carbons (Fsp3) is 0.500. The van der Waals surface area contributed by atoms with E-state index in [2.05, 4.69) is 0 Å². The van der Waals surface area contributed by atoms with Gasteiger partial charge in [0.15, 0.2) is 5.41 Å². The Labute approximate surface area is 132 Å². The van der Waals surface area contributed by atoms with Crippen LogP contribution in [0.5, 0.6) is 0 Å². The van der Waals surface area contributed by atoms with Crippen molar-refractivity contribution in [2.45, 2.75) is 25.9 Å². The van der Waals surface area contributed by atoms with Crippen LogP contribution in [0.3, 0.4) is 0 Å². The topological polar surface area (TPSA) is 126 Å². The lowest BCUT2D eigenvalue weighted by molar-refractivity contribution is -0.194. The van der Waals surface area contributed by atoms with Crippen molar-refractivity contribution in [3.63, 3.8) is 0 Å². The smallest absolute Gasteiger partial charge is 0.451 e. The lowest BCUT2D eigenvalue weighted by Crippen LogP contribution is -2.58. The summed E-state index contributed by atoms with van der Waals surface area (Å²) in [6.07, 6.45) is -7.03. The molecule has 2 N–H and O–H groups in total. The van der Waals surface area contributed by atoms with Gasteiger partial charge in [0.25, 0.3) is 5.78 Å². The maximum atomic E-state index is 13.0. The van der Waals surface area contributed by atoms with E-state index in [0.717, 1.165) is 18.8 Å². The molecule has 2 unspecified atom stereocenters. The Morgan fingerprint density at radius 3 is 1.75 bits per heavy atom. The first-order valence-corrected chi connectivity index (χ1v) is 6.40. The largest absolute Gasteiger partial charge is 0.481 e. The summed E-state index contributed by atoms with van der Waals surface area (Å²) >= 11 is 0. The SMILES string of the molecule is CC1(C(=O)O)CCC(C(=O)O)(C(=O)C(F)(F)F)C1(C=C=O)C=C=O. The van der Waals surface area contributed by atoms with E-state index in [1.807, 2.05) is 0 Å². The van der Waals surface area contributed by atoms with Gasteiger partial charge in [0.2, 0.25) is 0 Å². The predicted octanol–water partition coefficient (Wildman–Crippen LogP) is 0.835. The molecule has 0 radical (unpaired) electrons. The summed E-state index contributed by atoms with van der Waals surface area (Å²) < 4.78 is 39.0. The van der Waals surface area contributed by atoms with E-state index in [1.54, 1.807) is 0 Å². The van der Waals surface area contributed by atoms with Crippen LogP contribution in [-0.4, -0.2) is 46.0 Å². The second-order valence-corrected chi connectivity index (χ2v) is 5.57. The third-order valence-corrected chi connectivity index (χ3v) is 4.67. The molecule has 2 atom stereocenters. The summed E-state index contributed by atoms with van der Waals surface area (Å²) in [6, 6.07) is 0. The summed E-state index contributed by atoms with van der Waals surface area (Å²) in [6.45, 7) is 0.853. The van der Waals surface area contributed by atoms with Crippen LogP contribution in [-0.2, 0) is 24.0 Å². The number of allylic oxidation sites excluding steroid dienone is 2. The van der Waals surface area contributed by atoms with Crippen LogP contribution in [0.15, 0.2) is 12.2 Å². The molecule has 1 aliphatic rings. The average molecular weight is 348 g/mol. The number of carbonyl (C=O) groups is 3. The van der Waals surface area contributed by atoms with Gasteiger partial charge < -0.3 is 10.2 Å². The highest BCUT2D eigenvalue weighted by atomic mass is 19.4. The van der Waals surface area contributed by atoms with Crippen LogP contribution < -0.4 is 0 Å². The molecule has 24 heavy (non-hydrogen) atoms. The molecule has 1 saturated carbocycles. The zero-order valence-electron chi connectivity index (χ0n) is 12.1. The number of carboxylic acid groups (broad SMARTS) is 2. The quantitative estimate of drug-likeness (QED) is 0.557. The van der Waals surface area contributed by atoms with E-state index in [0.29, 0.717) is 0 Å². The molecule has 0 heterocycles. The summed E-state index contributed by atoms with van der Waals surface area (Å²) in [5.41, 5.74) is -8.62. The molecular formula is C14H11F3O7. The van der Waals surface area contributed by atoms with Crippen molar-refractivity contribution in [2.75, 3.05) is 0 Å². The van der Waals surface area contributed by atoms with Crippen molar-refractivity contribution >= 4 is 29.6 Å². The highest BCUT2D eigenvalue weighted by Crippen LogP contribution is 2.66. The Kier molecular flexibility index (Phi) is 4.63. The van der Waals surface area contributed by atoms with Crippen molar-refractivity contribution in [2.24, 2.45) is 16.2 Å². The number of alkyl halides is 3. The van der Waals surface area contributed by atoms with Gasteiger partial charge in [-0.05, 0) is 19.8 Å². The van der Waals surface area contributed by atoms with E-state index < -0.39 is 53.0 Å². The summed E-state index contributed by atoms with van der Waals surface area (Å²) in [5.74, 6) is -4.78. The fourth-order valence-corrected chi connectivity index (χ4v) is 3.32. The molecule has 0 aromatic rings. The molecule has 0 aromatic carbocycles. The molecule has 1 fully saturated rings. The lowest BCUT2D eigenvalue weighted by Gasteiger charge is -2.42. The van der Waals surface area contributed by atoms with Gasteiger partial charge >= 0.3 is 18.1 Å². The minimum Gasteiger partial charge on any atom is -0.481 e. The number of carbonyl (C=O) groups excluding carboxylic acids is 3. The van der Waals surface area contributed by atoms with Crippen molar-refractivity contribution < 1.29 is 47.4 Å². The van der Waals surface area contributed by atoms with Crippen LogP contribution in [0.25, 0.3) is 0 Å². The number of halogens is 3. The van der Waals surface area contributed by atoms with E-state index in [1.165, 1.54) is 0 Å². The Balaban J connectivity index is 4.05. The van der Waals surface area contributed by atoms with Crippen molar-refractivity contribution in [1.82, 2.24) is 0 Å². The first-order chi connectivity index (χ1) is 10.9. The van der Waals surface area contributed by atoms with E-state index >= 15 is 0 Å². The zero-order chi connectivity index (χ0) is 19.0. The number of aliphatic carboxylic acids is 2. The number of hydrogen-bond donors (Lipinski definition) is 2. The Morgan fingerprint density at radius 2 is 1.46 bits per heavy atom. The van der Waals surface area contributed by atoms with Gasteiger partial charge in [-0.2, -0.15) is 13.2 Å². The molecule has 0 bridgehead atoms. The van der Waals surface area contributed by atoms with Crippen LogP contribution >= 0.6 is 0 Å². The van der Waals surface area contributed by atoms with Gasteiger partial charge in [-0.3, -0.25) is 14.4 Å². The monoisotopic (exact) mass is 348 g/mol. The second kappa shape index (κ2) is 5.74. The average Bonchev–Trinajstić information content (AvgIpc) is 2.70. The second-order valence-electron chi connectivity index (χ2n) is 5.57. The first-order valence-electron chi connectivity index (χ1n) is 6.40. The number of hydrogen-bond acceptors (Lipinski definition) is 5. The molecule has 0 amide bonds. The standard InChI is InChI=1S/C14H11F3O7/c1-11(9(21)22)2-3-13(10(23)24,8(20)14(15,16)17)12(11,4-6-18)5-7-19/h4-5H,2-3H2,1H3,(H,21,22)(H,23,24). The Morgan fingerprint density at radius 1 is 1.00 bits per heavy atom. The predicted molar refractivity (Wildman–Crippen MR) is 69.1 cm³/mol. The molecule has 1 rings (SSSR count). The maximum absolute atomic E-state index is 13.0. The summed E-state index contributed by atoms with van der Waals surface area (Å²) in [7, 11) is 0. The van der Waals surface area contributed by atoms with Gasteiger partial charge in [-0.15, -0.1) is 0 Å². The molecule has 130 valence electrons. The molecule has 0 aromatic heterocycles. The summed E-state index contributed by atoms with van der Waals surface area (Å²) in [5, 5.41) is 18.8. The summed E-state index contributed by atoms with van der Waals surface area (Å²) in [4.78, 5) is 56.8. The number of carboxylic acids is 2.